The fourth-order valence-corrected chi connectivity index (χ4v) is 6.62. The van der Waals surface area contributed by atoms with Gasteiger partial charge in [-0.2, -0.15) is 5.26 Å². The maximum Gasteiger partial charge on any atom is 0.225 e. The molecule has 43 heavy (non-hydrogen) atoms. The molecule has 0 radical (unpaired) electrons. The number of aliphatic imine (C=N–C) groups is 1. The van der Waals surface area contributed by atoms with E-state index in [0.717, 1.165) is 69.3 Å². The van der Waals surface area contributed by atoms with Crippen LogP contribution < -0.4 is 10.2 Å². The molecule has 12 heteroatoms. The highest BCUT2D eigenvalue weighted by atomic mass is 32.1. The first-order valence-electron chi connectivity index (χ1n) is 14.7. The van der Waals surface area contributed by atoms with E-state index in [9.17, 15) is 14.4 Å². The molecule has 2 aliphatic heterocycles. The number of nitrogens with one attached hydrogen (secondary N) is 1. The van der Waals surface area contributed by atoms with Gasteiger partial charge in [-0.05, 0) is 56.4 Å². The van der Waals surface area contributed by atoms with E-state index in [1.807, 2.05) is 48.0 Å². The molecular formula is C31H42FN9OS. The molecule has 1 aromatic carbocycles. The second-order valence-electron chi connectivity index (χ2n) is 10.7. The molecule has 2 aromatic rings. The molecule has 0 saturated carbocycles. The van der Waals surface area contributed by atoms with Gasteiger partial charge in [-0.15, -0.1) is 0 Å². The number of hydrogen-bond donors (Lipinski definition) is 1. The smallest absolute Gasteiger partial charge is 0.225 e. The van der Waals surface area contributed by atoms with Crippen LogP contribution in [0.5, 0.6) is 0 Å². The number of aromatic nitrogens is 1. The van der Waals surface area contributed by atoms with Crippen LogP contribution >= 0.6 is 11.3 Å². The summed E-state index contributed by atoms with van der Waals surface area (Å²) in [4.78, 5) is 29.0. The molecule has 0 atom stereocenters. The number of nitrogens with zero attached hydrogens (tertiary/aromatic N) is 8. The van der Waals surface area contributed by atoms with E-state index in [2.05, 4.69) is 34.8 Å². The number of hydrogen-bond acceptors (Lipinski definition) is 8. The summed E-state index contributed by atoms with van der Waals surface area (Å²) < 4.78 is 13.5. The van der Waals surface area contributed by atoms with Crippen LogP contribution in [-0.2, 0) is 4.79 Å². The zero-order valence-corrected chi connectivity index (χ0v) is 26.6. The van der Waals surface area contributed by atoms with Gasteiger partial charge in [0.2, 0.25) is 11.9 Å². The number of likely N-dealkylation sites (tertiary alicyclic amines) is 2. The fourth-order valence-electron chi connectivity index (χ4n) is 5.77. The Balaban J connectivity index is 1.55. The molecule has 1 aromatic heterocycles. The monoisotopic (exact) mass is 607 g/mol. The number of nitriles is 1. The first kappa shape index (κ1) is 31.8. The predicted octanol–water partition coefficient (Wildman–Crippen LogP) is 4.67. The van der Waals surface area contributed by atoms with Gasteiger partial charge in [0.25, 0.3) is 0 Å². The topological polar surface area (TPSA) is 94.3 Å². The zero-order chi connectivity index (χ0) is 31.1. The van der Waals surface area contributed by atoms with Gasteiger partial charge in [0.1, 0.15) is 28.3 Å². The highest BCUT2D eigenvalue weighted by molar-refractivity contribution is 7.16. The summed E-state index contributed by atoms with van der Waals surface area (Å²) in [7, 11) is 7.72. The minimum atomic E-state index is -0.339. The largest absolute Gasteiger partial charge is 0.373 e. The van der Waals surface area contributed by atoms with Crippen LogP contribution in [0.4, 0.5) is 9.52 Å². The summed E-state index contributed by atoms with van der Waals surface area (Å²) in [5.74, 6) is 1.60. The molecule has 3 heterocycles. The summed E-state index contributed by atoms with van der Waals surface area (Å²) in [6.45, 7) is 9.18. The molecule has 0 unspecified atom stereocenters. The van der Waals surface area contributed by atoms with Gasteiger partial charge in [-0.3, -0.25) is 14.8 Å². The molecule has 2 saturated heterocycles. The highest BCUT2D eigenvalue weighted by Gasteiger charge is 2.32. The number of benzene rings is 1. The van der Waals surface area contributed by atoms with Crippen LogP contribution in [0.15, 0.2) is 53.6 Å². The Hall–Kier alpha value is -4.11. The number of carbonyl (C=O) groups excluding carboxylic acids is 1. The fraction of sp³-hybridized carbons (Fsp3) is 0.484. The van der Waals surface area contributed by atoms with Crippen LogP contribution in [0.1, 0.15) is 43.9 Å². The lowest BCUT2D eigenvalue weighted by molar-refractivity contribution is -0.135. The third-order valence-corrected chi connectivity index (χ3v) is 9.22. The van der Waals surface area contributed by atoms with E-state index in [1.165, 1.54) is 23.5 Å². The molecule has 4 rings (SSSR count). The summed E-state index contributed by atoms with van der Waals surface area (Å²) >= 11 is 1.28. The molecule has 10 nitrogen and oxygen atoms in total. The predicted molar refractivity (Wildman–Crippen MR) is 170 cm³/mol. The van der Waals surface area contributed by atoms with E-state index < -0.39 is 0 Å². The van der Waals surface area contributed by atoms with Gasteiger partial charge in [0.15, 0.2) is 5.13 Å². The molecule has 2 fully saturated rings. The highest BCUT2D eigenvalue weighted by Crippen LogP contribution is 2.34. The number of thiazole rings is 1. The SMILES string of the molecule is C=C/N=C(/N1CCC(C(=O)N2CCCC2)CC1)N(C)N(C)/C(CC)=C(\NC)N(C)c1nc(-c2ccc(F)cc2)c(C#N)s1. The average Bonchev–Trinajstić information content (AvgIpc) is 3.73. The Kier molecular flexibility index (Phi) is 10.6. The Morgan fingerprint density at radius 2 is 1.81 bits per heavy atom. The Bertz CT molecular complexity index is 1380. The maximum absolute atomic E-state index is 13.5. The van der Waals surface area contributed by atoms with Crippen molar-refractivity contribution in [2.75, 3.05) is 59.3 Å². The van der Waals surface area contributed by atoms with Crippen LogP contribution in [0.2, 0.25) is 0 Å². The van der Waals surface area contributed by atoms with Crippen molar-refractivity contribution in [3.05, 3.63) is 59.3 Å². The first-order chi connectivity index (χ1) is 20.7. The average molecular weight is 608 g/mol. The minimum Gasteiger partial charge on any atom is -0.373 e. The van der Waals surface area contributed by atoms with Crippen molar-refractivity contribution in [2.24, 2.45) is 10.9 Å². The van der Waals surface area contributed by atoms with E-state index in [-0.39, 0.29) is 11.7 Å². The number of rotatable bonds is 9. The lowest BCUT2D eigenvalue weighted by atomic mass is 9.95. The number of piperidine rings is 1. The molecule has 1 amide bonds. The van der Waals surface area contributed by atoms with Crippen molar-refractivity contribution >= 4 is 28.3 Å². The lowest BCUT2D eigenvalue weighted by Crippen LogP contribution is -2.53. The van der Waals surface area contributed by atoms with Crippen molar-refractivity contribution in [2.45, 2.75) is 39.0 Å². The number of amides is 1. The number of carbonyl (C=O) groups is 1. The number of anilines is 1. The van der Waals surface area contributed by atoms with Crippen LogP contribution in [0.25, 0.3) is 11.3 Å². The van der Waals surface area contributed by atoms with Crippen molar-refractivity contribution in [3.8, 4) is 17.3 Å². The Labute approximate surface area is 258 Å². The van der Waals surface area contributed by atoms with Gasteiger partial charge in [0, 0.05) is 72.1 Å². The number of halogens is 1. The van der Waals surface area contributed by atoms with E-state index in [4.69, 9.17) is 4.98 Å². The first-order valence-corrected chi connectivity index (χ1v) is 15.6. The van der Waals surface area contributed by atoms with Crippen LogP contribution in [-0.4, -0.2) is 91.0 Å². The molecule has 0 bridgehead atoms. The minimum absolute atomic E-state index is 0.0643. The molecule has 0 aliphatic carbocycles. The van der Waals surface area contributed by atoms with Crippen molar-refractivity contribution in [1.82, 2.24) is 30.1 Å². The molecule has 0 spiro atoms. The maximum atomic E-state index is 13.5. The van der Waals surface area contributed by atoms with Gasteiger partial charge < -0.3 is 20.0 Å². The van der Waals surface area contributed by atoms with E-state index >= 15 is 0 Å². The summed E-state index contributed by atoms with van der Waals surface area (Å²) in [6.07, 6.45) is 6.05. The van der Waals surface area contributed by atoms with Gasteiger partial charge in [-0.25, -0.2) is 14.4 Å². The Morgan fingerprint density at radius 3 is 2.37 bits per heavy atom. The summed E-state index contributed by atoms with van der Waals surface area (Å²) in [5.41, 5.74) is 2.19. The van der Waals surface area contributed by atoms with E-state index in [0.29, 0.717) is 33.6 Å². The van der Waals surface area contributed by atoms with Gasteiger partial charge >= 0.3 is 0 Å². The number of hydrazine groups is 1. The van der Waals surface area contributed by atoms with E-state index in [1.54, 1.807) is 18.3 Å². The molecule has 1 N–H and O–H groups in total. The number of allylic oxidation sites excluding steroid dienone is 1. The molecule has 230 valence electrons. The standard InChI is InChI=1S/C31H42FN9OS/c1-7-25(28(34-3)37(4)31-36-27(26(21-33)43-31)22-11-13-24(32)14-12-22)38(5)39(6)30(35-8-2)41-19-15-23(16-20-41)29(42)40-17-9-10-18-40/h8,11-14,23,34H,2,7,9-10,15-20H2,1,3-6H3/b28-25+,35-30+. The number of guanidine groups is 1. The van der Waals surface area contributed by atoms with Crippen LogP contribution in [0, 0.1) is 23.1 Å². The quantitative estimate of drug-likeness (QED) is 0.250. The molecular weight excluding hydrogens is 565 g/mol. The van der Waals surface area contributed by atoms with Crippen molar-refractivity contribution in [1.29, 1.82) is 5.26 Å². The second-order valence-corrected chi connectivity index (χ2v) is 11.7. The zero-order valence-electron chi connectivity index (χ0n) is 25.8. The lowest BCUT2D eigenvalue weighted by Gasteiger charge is -2.42. The second kappa shape index (κ2) is 14.4. The normalized spacial score (nSPS) is 16.4. The summed E-state index contributed by atoms with van der Waals surface area (Å²) in [5, 5.41) is 17.8. The van der Waals surface area contributed by atoms with Crippen LogP contribution in [0.3, 0.4) is 0 Å². The summed E-state index contributed by atoms with van der Waals surface area (Å²) in [6, 6.07) is 8.25. The van der Waals surface area contributed by atoms with Crippen molar-refractivity contribution in [3.63, 3.8) is 0 Å². The third kappa shape index (κ3) is 6.94. The third-order valence-electron chi connectivity index (χ3n) is 8.18. The molecule has 2 aliphatic rings. The van der Waals surface area contributed by atoms with Crippen molar-refractivity contribution < 1.29 is 9.18 Å². The Morgan fingerprint density at radius 1 is 1.16 bits per heavy atom. The van der Waals surface area contributed by atoms with Gasteiger partial charge in [0.05, 0.1) is 5.70 Å². The van der Waals surface area contributed by atoms with Gasteiger partial charge in [-0.1, -0.05) is 24.8 Å².